The molecule has 0 heterocycles. The minimum Gasteiger partial charge on any atom is -0.399 e. The first-order valence-corrected chi connectivity index (χ1v) is 5.61. The molecule has 0 aliphatic carbocycles. The Hall–Kier alpha value is -2.34. The molecule has 7 heteroatoms. The fraction of sp³-hybridized carbons (Fsp3) is 0. The molecule has 0 saturated carbocycles. The molecule has 0 fully saturated rings. The van der Waals surface area contributed by atoms with Crippen LogP contribution in [0.4, 0.5) is 27.1 Å². The van der Waals surface area contributed by atoms with Crippen molar-refractivity contribution in [2.45, 2.75) is 0 Å². The minimum absolute atomic E-state index is 0.138. The number of hydrogen-bond donors (Lipinski definition) is 2. The molecule has 2 aromatic rings. The molecule has 0 aliphatic rings. The molecule has 2 aromatic carbocycles. The first-order valence-electron chi connectivity index (χ1n) is 5.23. The summed E-state index contributed by atoms with van der Waals surface area (Å²) in [5, 5.41) is 14.0. The van der Waals surface area contributed by atoms with Crippen LogP contribution in [0.5, 0.6) is 0 Å². The lowest BCUT2D eigenvalue weighted by Crippen LogP contribution is -1.99. The van der Waals surface area contributed by atoms with Gasteiger partial charge in [-0.3, -0.25) is 10.1 Å². The Balaban J connectivity index is 2.43. The van der Waals surface area contributed by atoms with Gasteiger partial charge in [0.25, 0.3) is 5.69 Å². The lowest BCUT2D eigenvalue weighted by molar-refractivity contribution is -0.384. The number of nitrogens with zero attached hydrogens (tertiary/aromatic N) is 1. The van der Waals surface area contributed by atoms with Crippen molar-refractivity contribution >= 4 is 34.4 Å². The Labute approximate surface area is 113 Å². The van der Waals surface area contributed by atoms with Gasteiger partial charge in [-0.25, -0.2) is 4.39 Å². The molecule has 0 atom stereocenters. The maximum atomic E-state index is 13.0. The Morgan fingerprint density at radius 1 is 1.21 bits per heavy atom. The van der Waals surface area contributed by atoms with Crippen LogP contribution >= 0.6 is 11.6 Å². The van der Waals surface area contributed by atoms with E-state index in [1.54, 1.807) is 12.1 Å². The first-order chi connectivity index (χ1) is 8.97. The number of nitro groups is 1. The van der Waals surface area contributed by atoms with E-state index < -0.39 is 10.7 Å². The molecule has 0 saturated heterocycles. The van der Waals surface area contributed by atoms with E-state index in [1.165, 1.54) is 12.1 Å². The highest BCUT2D eigenvalue weighted by atomic mass is 35.5. The molecule has 19 heavy (non-hydrogen) atoms. The van der Waals surface area contributed by atoms with E-state index in [1.807, 2.05) is 0 Å². The van der Waals surface area contributed by atoms with Crippen LogP contribution in [0.3, 0.4) is 0 Å². The van der Waals surface area contributed by atoms with E-state index in [2.05, 4.69) is 5.32 Å². The molecular weight excluding hydrogens is 273 g/mol. The van der Waals surface area contributed by atoms with Crippen molar-refractivity contribution in [2.75, 3.05) is 11.1 Å². The van der Waals surface area contributed by atoms with Crippen molar-refractivity contribution in [3.63, 3.8) is 0 Å². The molecule has 2 rings (SSSR count). The molecule has 0 spiro atoms. The molecule has 98 valence electrons. The zero-order chi connectivity index (χ0) is 14.0. The summed E-state index contributed by atoms with van der Waals surface area (Å²) in [5.41, 5.74) is 6.24. The Bertz CT molecular complexity index is 649. The Kier molecular flexibility index (Phi) is 3.52. The average molecular weight is 282 g/mol. The van der Waals surface area contributed by atoms with Crippen LogP contribution in [-0.2, 0) is 0 Å². The summed E-state index contributed by atoms with van der Waals surface area (Å²) >= 11 is 5.95. The topological polar surface area (TPSA) is 81.2 Å². The summed E-state index contributed by atoms with van der Waals surface area (Å²) < 4.78 is 13.0. The van der Waals surface area contributed by atoms with Crippen molar-refractivity contribution in [3.8, 4) is 0 Å². The van der Waals surface area contributed by atoms with Crippen LogP contribution in [0.2, 0.25) is 5.02 Å². The molecule has 0 aliphatic heterocycles. The van der Waals surface area contributed by atoms with Gasteiger partial charge in [0.15, 0.2) is 0 Å². The highest BCUT2D eigenvalue weighted by Gasteiger charge is 2.15. The van der Waals surface area contributed by atoms with Gasteiger partial charge in [-0.1, -0.05) is 11.6 Å². The van der Waals surface area contributed by atoms with E-state index in [4.69, 9.17) is 17.3 Å². The number of anilines is 3. The summed E-state index contributed by atoms with van der Waals surface area (Å²) in [5.74, 6) is -0.684. The highest BCUT2D eigenvalue weighted by Crippen LogP contribution is 2.32. The molecule has 0 unspecified atom stereocenters. The second-order valence-electron chi connectivity index (χ2n) is 3.78. The van der Waals surface area contributed by atoms with Gasteiger partial charge in [-0.2, -0.15) is 0 Å². The van der Waals surface area contributed by atoms with Crippen molar-refractivity contribution in [1.82, 2.24) is 0 Å². The van der Waals surface area contributed by atoms with Crippen LogP contribution in [0.25, 0.3) is 0 Å². The van der Waals surface area contributed by atoms with Crippen molar-refractivity contribution in [1.29, 1.82) is 0 Å². The number of nitro benzene ring substituents is 1. The van der Waals surface area contributed by atoms with Crippen molar-refractivity contribution < 1.29 is 9.31 Å². The largest absolute Gasteiger partial charge is 0.399 e. The number of nitrogens with one attached hydrogen (secondary N) is 1. The lowest BCUT2D eigenvalue weighted by Gasteiger charge is -2.09. The van der Waals surface area contributed by atoms with E-state index >= 15 is 0 Å². The lowest BCUT2D eigenvalue weighted by atomic mass is 10.2. The molecule has 0 aromatic heterocycles. The summed E-state index contributed by atoms with van der Waals surface area (Å²) in [6.07, 6.45) is 0. The van der Waals surface area contributed by atoms with E-state index in [9.17, 15) is 14.5 Å². The van der Waals surface area contributed by atoms with Crippen molar-refractivity contribution in [2.24, 2.45) is 0 Å². The van der Waals surface area contributed by atoms with Crippen molar-refractivity contribution in [3.05, 3.63) is 57.4 Å². The van der Waals surface area contributed by atoms with E-state index in [-0.39, 0.29) is 11.4 Å². The van der Waals surface area contributed by atoms with Crippen LogP contribution in [0, 0.1) is 15.9 Å². The number of rotatable bonds is 3. The summed E-state index contributed by atoms with van der Waals surface area (Å²) in [6, 6.07) is 7.93. The predicted molar refractivity (Wildman–Crippen MR) is 72.2 cm³/mol. The number of nitrogens with two attached hydrogens (primary N) is 1. The van der Waals surface area contributed by atoms with Gasteiger partial charge in [0.2, 0.25) is 0 Å². The molecule has 0 bridgehead atoms. The fourth-order valence-electron chi connectivity index (χ4n) is 1.55. The smallest absolute Gasteiger partial charge is 0.295 e. The number of nitrogen functional groups attached to an aromatic ring is 1. The second kappa shape index (κ2) is 5.11. The van der Waals surface area contributed by atoms with Crippen LogP contribution in [0.1, 0.15) is 0 Å². The average Bonchev–Trinajstić information content (AvgIpc) is 2.35. The maximum Gasteiger partial charge on any atom is 0.295 e. The monoisotopic (exact) mass is 281 g/mol. The number of halogens is 2. The Morgan fingerprint density at radius 3 is 2.63 bits per heavy atom. The van der Waals surface area contributed by atoms with Crippen LogP contribution in [-0.4, -0.2) is 4.92 Å². The molecule has 0 radical (unpaired) electrons. The first kappa shape index (κ1) is 13.1. The second-order valence-corrected chi connectivity index (χ2v) is 4.19. The quantitative estimate of drug-likeness (QED) is 0.510. The number of hydrogen-bond acceptors (Lipinski definition) is 4. The summed E-state index contributed by atoms with van der Waals surface area (Å²) in [6.45, 7) is 0. The molecule has 0 amide bonds. The van der Waals surface area contributed by atoms with Gasteiger partial charge in [-0.15, -0.1) is 0 Å². The zero-order valence-corrected chi connectivity index (χ0v) is 10.3. The third-order valence-electron chi connectivity index (χ3n) is 2.42. The maximum absolute atomic E-state index is 13.0. The van der Waals surface area contributed by atoms with Crippen LogP contribution < -0.4 is 11.1 Å². The van der Waals surface area contributed by atoms with Gasteiger partial charge in [0.05, 0.1) is 21.7 Å². The fourth-order valence-corrected chi connectivity index (χ4v) is 1.71. The van der Waals surface area contributed by atoms with Gasteiger partial charge in [-0.05, 0) is 30.3 Å². The molecule has 5 nitrogen and oxygen atoms in total. The normalized spacial score (nSPS) is 10.2. The van der Waals surface area contributed by atoms with Gasteiger partial charge in [0, 0.05) is 5.69 Å². The third kappa shape index (κ3) is 2.92. The molecular formula is C12H9ClFN3O2. The summed E-state index contributed by atoms with van der Waals surface area (Å²) in [7, 11) is 0. The van der Waals surface area contributed by atoms with E-state index in [0.29, 0.717) is 16.4 Å². The summed E-state index contributed by atoms with van der Waals surface area (Å²) in [4.78, 5) is 10.2. The van der Waals surface area contributed by atoms with Gasteiger partial charge in [0.1, 0.15) is 11.5 Å². The standard InChI is InChI=1S/C12H9ClFN3O2/c13-9-3-2-8(15)6-11(9)16-10-4-1-7(14)5-12(10)17(18)19/h1-6,16H,15H2. The van der Waals surface area contributed by atoms with Gasteiger partial charge >= 0.3 is 0 Å². The molecule has 3 N–H and O–H groups in total. The van der Waals surface area contributed by atoms with Gasteiger partial charge < -0.3 is 11.1 Å². The number of benzene rings is 2. The minimum atomic E-state index is -0.684. The zero-order valence-electron chi connectivity index (χ0n) is 9.56. The predicted octanol–water partition coefficient (Wildman–Crippen LogP) is 3.71. The van der Waals surface area contributed by atoms with E-state index in [0.717, 1.165) is 12.1 Å². The highest BCUT2D eigenvalue weighted by molar-refractivity contribution is 6.33. The third-order valence-corrected chi connectivity index (χ3v) is 2.75. The Morgan fingerprint density at radius 2 is 1.95 bits per heavy atom. The SMILES string of the molecule is Nc1ccc(Cl)c(Nc2ccc(F)cc2[N+](=O)[O-])c1. The van der Waals surface area contributed by atoms with Crippen LogP contribution in [0.15, 0.2) is 36.4 Å².